The number of carbonyl (C=O) groups excluding carboxylic acids is 1. The highest BCUT2D eigenvalue weighted by Gasteiger charge is 2.34. The number of piperidine rings is 1. The molecule has 7 heteroatoms. The van der Waals surface area contributed by atoms with Crippen LogP contribution in [-0.2, 0) is 17.1 Å². The number of hydrogen-bond acceptors (Lipinski definition) is 3. The minimum absolute atomic E-state index is 0.0470. The summed E-state index contributed by atoms with van der Waals surface area (Å²) in [5.74, 6) is -0.103. The Kier molecular flexibility index (Phi) is 5.29. The number of benzene rings is 1. The SMILES string of the molecule is Cn1cc(S(=O)(=O)N2CCCCC2)cc1C(=O)N1CCCC1c1ccccc1. The van der Waals surface area contributed by atoms with Crippen LogP contribution in [0.15, 0.2) is 47.5 Å². The molecule has 0 spiro atoms. The van der Waals surface area contributed by atoms with Gasteiger partial charge in [-0.3, -0.25) is 4.79 Å². The van der Waals surface area contributed by atoms with Gasteiger partial charge in [-0.05, 0) is 37.3 Å². The van der Waals surface area contributed by atoms with Gasteiger partial charge in [-0.1, -0.05) is 36.8 Å². The van der Waals surface area contributed by atoms with E-state index in [-0.39, 0.29) is 16.8 Å². The molecule has 1 aromatic carbocycles. The fourth-order valence-corrected chi connectivity index (χ4v) is 5.91. The van der Waals surface area contributed by atoms with Crippen molar-refractivity contribution >= 4 is 15.9 Å². The van der Waals surface area contributed by atoms with E-state index in [0.29, 0.717) is 25.3 Å². The van der Waals surface area contributed by atoms with E-state index in [0.717, 1.165) is 37.7 Å². The van der Waals surface area contributed by atoms with Crippen molar-refractivity contribution in [2.45, 2.75) is 43.0 Å². The zero-order chi connectivity index (χ0) is 19.7. The Morgan fingerprint density at radius 1 is 1.00 bits per heavy atom. The molecule has 0 saturated carbocycles. The zero-order valence-electron chi connectivity index (χ0n) is 16.3. The first kappa shape index (κ1) is 19.2. The fraction of sp³-hybridized carbons (Fsp3) is 0.476. The quantitative estimate of drug-likeness (QED) is 0.790. The second kappa shape index (κ2) is 7.72. The molecule has 1 atom stereocenters. The van der Waals surface area contributed by atoms with Crippen LogP contribution in [0.3, 0.4) is 0 Å². The second-order valence-corrected chi connectivity index (χ2v) is 9.64. The average Bonchev–Trinajstić information content (AvgIpc) is 3.36. The minimum atomic E-state index is -3.54. The average molecular weight is 402 g/mol. The maximum Gasteiger partial charge on any atom is 0.271 e. The van der Waals surface area contributed by atoms with Crippen molar-refractivity contribution in [2.24, 2.45) is 7.05 Å². The highest BCUT2D eigenvalue weighted by atomic mass is 32.2. The van der Waals surface area contributed by atoms with Crippen LogP contribution in [0.2, 0.25) is 0 Å². The van der Waals surface area contributed by atoms with Gasteiger partial charge in [0.15, 0.2) is 0 Å². The lowest BCUT2D eigenvalue weighted by molar-refractivity contribution is 0.0726. The van der Waals surface area contributed by atoms with Crippen molar-refractivity contribution in [3.05, 3.63) is 53.9 Å². The monoisotopic (exact) mass is 401 g/mol. The number of carbonyl (C=O) groups is 1. The topological polar surface area (TPSA) is 62.6 Å². The molecule has 3 heterocycles. The van der Waals surface area contributed by atoms with Gasteiger partial charge >= 0.3 is 0 Å². The van der Waals surface area contributed by atoms with Crippen LogP contribution in [0.25, 0.3) is 0 Å². The van der Waals surface area contributed by atoms with E-state index in [4.69, 9.17) is 0 Å². The Balaban J connectivity index is 1.60. The number of aromatic nitrogens is 1. The van der Waals surface area contributed by atoms with E-state index in [9.17, 15) is 13.2 Å². The number of likely N-dealkylation sites (tertiary alicyclic amines) is 1. The van der Waals surface area contributed by atoms with Gasteiger partial charge in [-0.15, -0.1) is 0 Å². The largest absolute Gasteiger partial charge is 0.345 e. The number of aryl methyl sites for hydroxylation is 1. The molecule has 1 unspecified atom stereocenters. The highest BCUT2D eigenvalue weighted by molar-refractivity contribution is 7.89. The van der Waals surface area contributed by atoms with Crippen molar-refractivity contribution in [3.63, 3.8) is 0 Å². The van der Waals surface area contributed by atoms with Crippen LogP contribution < -0.4 is 0 Å². The first-order valence-electron chi connectivity index (χ1n) is 10.0. The zero-order valence-corrected chi connectivity index (χ0v) is 17.1. The van der Waals surface area contributed by atoms with Crippen LogP contribution in [-0.4, -0.2) is 47.7 Å². The summed E-state index contributed by atoms with van der Waals surface area (Å²) in [6, 6.07) is 11.6. The third-order valence-electron chi connectivity index (χ3n) is 5.85. The molecule has 1 aromatic heterocycles. The normalized spacial score (nSPS) is 21.2. The van der Waals surface area contributed by atoms with Crippen LogP contribution in [0.1, 0.15) is 54.2 Å². The molecule has 0 bridgehead atoms. The summed E-state index contributed by atoms with van der Waals surface area (Å²) < 4.78 is 29.1. The lowest BCUT2D eigenvalue weighted by Gasteiger charge is -2.25. The molecule has 2 fully saturated rings. The smallest absolute Gasteiger partial charge is 0.271 e. The fourth-order valence-electron chi connectivity index (χ4n) is 4.32. The van der Waals surface area contributed by atoms with Crippen molar-refractivity contribution in [1.82, 2.24) is 13.8 Å². The lowest BCUT2D eigenvalue weighted by Crippen LogP contribution is -2.35. The van der Waals surface area contributed by atoms with Gasteiger partial charge in [-0.2, -0.15) is 4.31 Å². The molecule has 1 amide bonds. The molecule has 28 heavy (non-hydrogen) atoms. The van der Waals surface area contributed by atoms with E-state index >= 15 is 0 Å². The first-order valence-corrected chi connectivity index (χ1v) is 11.4. The first-order chi connectivity index (χ1) is 13.5. The number of hydrogen-bond donors (Lipinski definition) is 0. The van der Waals surface area contributed by atoms with Gasteiger partial charge in [0.05, 0.1) is 6.04 Å². The Labute approximate surface area is 166 Å². The number of amides is 1. The highest BCUT2D eigenvalue weighted by Crippen LogP contribution is 2.33. The molecular formula is C21H27N3O3S. The minimum Gasteiger partial charge on any atom is -0.345 e. The Hall–Kier alpha value is -2.12. The molecule has 2 aromatic rings. The van der Waals surface area contributed by atoms with Gasteiger partial charge in [0.1, 0.15) is 10.6 Å². The maximum atomic E-state index is 13.3. The summed E-state index contributed by atoms with van der Waals surface area (Å²) in [5.41, 5.74) is 1.56. The number of nitrogens with zero attached hydrogens (tertiary/aromatic N) is 3. The molecule has 0 N–H and O–H groups in total. The van der Waals surface area contributed by atoms with E-state index in [2.05, 4.69) is 0 Å². The molecule has 0 radical (unpaired) electrons. The maximum absolute atomic E-state index is 13.3. The predicted molar refractivity (Wildman–Crippen MR) is 107 cm³/mol. The molecule has 2 aliphatic heterocycles. The summed E-state index contributed by atoms with van der Waals surface area (Å²) in [4.78, 5) is 15.4. The molecule has 0 aliphatic carbocycles. The van der Waals surface area contributed by atoms with Gasteiger partial charge in [0.25, 0.3) is 5.91 Å². The van der Waals surface area contributed by atoms with Crippen molar-refractivity contribution < 1.29 is 13.2 Å². The number of sulfonamides is 1. The summed E-state index contributed by atoms with van der Waals surface area (Å²) in [6.07, 6.45) is 6.31. The van der Waals surface area contributed by atoms with Crippen molar-refractivity contribution in [2.75, 3.05) is 19.6 Å². The predicted octanol–water partition coefficient (Wildman–Crippen LogP) is 3.18. The summed E-state index contributed by atoms with van der Waals surface area (Å²) in [7, 11) is -1.80. The lowest BCUT2D eigenvalue weighted by atomic mass is 10.0. The van der Waals surface area contributed by atoms with E-state index in [1.165, 1.54) is 0 Å². The standard InChI is InChI=1S/C21H27N3O3S/c1-22-16-18(28(26,27)23-12-6-3-7-13-23)15-20(22)21(25)24-14-8-11-19(24)17-9-4-2-5-10-17/h2,4-5,9-10,15-16,19H,3,6-8,11-14H2,1H3. The second-order valence-electron chi connectivity index (χ2n) is 7.70. The third kappa shape index (κ3) is 3.49. The molecule has 150 valence electrons. The number of rotatable bonds is 4. The van der Waals surface area contributed by atoms with Crippen molar-refractivity contribution in [3.8, 4) is 0 Å². The van der Waals surface area contributed by atoms with E-state index in [1.54, 1.807) is 28.2 Å². The van der Waals surface area contributed by atoms with Crippen LogP contribution in [0, 0.1) is 0 Å². The molecule has 4 rings (SSSR count). The van der Waals surface area contributed by atoms with Gasteiger partial charge in [0.2, 0.25) is 10.0 Å². The molecule has 2 aliphatic rings. The molecule has 6 nitrogen and oxygen atoms in total. The van der Waals surface area contributed by atoms with Crippen LogP contribution >= 0.6 is 0 Å². The van der Waals surface area contributed by atoms with Crippen LogP contribution in [0.4, 0.5) is 0 Å². The summed E-state index contributed by atoms with van der Waals surface area (Å²) in [5, 5.41) is 0. The van der Waals surface area contributed by atoms with Gasteiger partial charge < -0.3 is 9.47 Å². The van der Waals surface area contributed by atoms with Crippen molar-refractivity contribution in [1.29, 1.82) is 0 Å². The Morgan fingerprint density at radius 3 is 2.43 bits per heavy atom. The summed E-state index contributed by atoms with van der Waals surface area (Å²) >= 11 is 0. The molecule has 2 saturated heterocycles. The third-order valence-corrected chi connectivity index (χ3v) is 7.71. The van der Waals surface area contributed by atoms with Crippen LogP contribution in [0.5, 0.6) is 0 Å². The summed E-state index contributed by atoms with van der Waals surface area (Å²) in [6.45, 7) is 1.81. The van der Waals surface area contributed by atoms with E-state index in [1.807, 2.05) is 35.2 Å². The Bertz CT molecular complexity index is 947. The van der Waals surface area contributed by atoms with E-state index < -0.39 is 10.0 Å². The Morgan fingerprint density at radius 2 is 1.71 bits per heavy atom. The van der Waals surface area contributed by atoms with Gasteiger partial charge in [-0.25, -0.2) is 8.42 Å². The molecular weight excluding hydrogens is 374 g/mol. The van der Waals surface area contributed by atoms with Gasteiger partial charge in [0, 0.05) is 32.9 Å².